The topological polar surface area (TPSA) is 132 Å². The SMILES string of the molecule is CC(=O)S[C@@H]1O[C@H](COC(=O)c2ccccc2)[C@@H](OC(=O)c2ccccc2)[C@H](OC(=O)c2ccccc2)[C@H]1OC(=O)c1ccccc1. The van der Waals surface area contributed by atoms with Crippen LogP contribution in [0.1, 0.15) is 48.4 Å². The van der Waals surface area contributed by atoms with Gasteiger partial charge < -0.3 is 23.7 Å². The van der Waals surface area contributed by atoms with E-state index < -0.39 is 65.5 Å². The molecule has 0 unspecified atom stereocenters. The summed E-state index contributed by atoms with van der Waals surface area (Å²) in [6.07, 6.45) is -5.67. The maximum Gasteiger partial charge on any atom is 0.338 e. The lowest BCUT2D eigenvalue weighted by Gasteiger charge is -2.44. The molecule has 0 amide bonds. The Labute approximate surface area is 274 Å². The number of carbonyl (C=O) groups is 5. The van der Waals surface area contributed by atoms with E-state index >= 15 is 0 Å². The number of thioether (sulfide) groups is 1. The molecule has 5 rings (SSSR count). The van der Waals surface area contributed by atoms with Crippen LogP contribution in [0.4, 0.5) is 0 Å². The van der Waals surface area contributed by atoms with Crippen molar-refractivity contribution in [1.29, 1.82) is 0 Å². The molecule has 0 aromatic heterocycles. The third kappa shape index (κ3) is 8.72. The third-order valence-corrected chi connectivity index (χ3v) is 7.96. The zero-order valence-corrected chi connectivity index (χ0v) is 25.9. The van der Waals surface area contributed by atoms with Gasteiger partial charge in [0.05, 0.1) is 22.3 Å². The maximum absolute atomic E-state index is 13.5. The Bertz CT molecular complexity index is 1680. The number of hydrogen-bond acceptors (Lipinski definition) is 11. The average molecular weight is 655 g/mol. The molecule has 47 heavy (non-hydrogen) atoms. The Morgan fingerprint density at radius 3 is 1.30 bits per heavy atom. The van der Waals surface area contributed by atoms with Gasteiger partial charge in [0, 0.05) is 6.92 Å². The van der Waals surface area contributed by atoms with Crippen LogP contribution in [0.25, 0.3) is 0 Å². The molecule has 0 saturated carbocycles. The highest BCUT2D eigenvalue weighted by Crippen LogP contribution is 2.36. The Balaban J connectivity index is 1.54. The Morgan fingerprint density at radius 1 is 0.532 bits per heavy atom. The summed E-state index contributed by atoms with van der Waals surface area (Å²) in [6, 6.07) is 32.4. The van der Waals surface area contributed by atoms with Crippen molar-refractivity contribution in [2.75, 3.05) is 6.61 Å². The van der Waals surface area contributed by atoms with Gasteiger partial charge in [0.2, 0.25) is 0 Å². The van der Waals surface area contributed by atoms with E-state index in [-0.39, 0.29) is 22.3 Å². The van der Waals surface area contributed by atoms with Crippen LogP contribution in [0.3, 0.4) is 0 Å². The zero-order chi connectivity index (χ0) is 33.2. The molecule has 5 atom stereocenters. The maximum atomic E-state index is 13.5. The van der Waals surface area contributed by atoms with Crippen LogP contribution < -0.4 is 0 Å². The normalized spacial score (nSPS) is 20.3. The first-order chi connectivity index (χ1) is 22.8. The van der Waals surface area contributed by atoms with Crippen LogP contribution in [0.2, 0.25) is 0 Å². The second kappa shape index (κ2) is 15.8. The summed E-state index contributed by atoms with van der Waals surface area (Å²) in [7, 11) is 0. The minimum absolute atomic E-state index is 0.170. The van der Waals surface area contributed by atoms with Crippen molar-refractivity contribution in [3.05, 3.63) is 144 Å². The predicted octanol–water partition coefficient (Wildman–Crippen LogP) is 5.52. The molecule has 0 aliphatic carbocycles. The van der Waals surface area contributed by atoms with Crippen LogP contribution in [0.15, 0.2) is 121 Å². The highest BCUT2D eigenvalue weighted by Gasteiger charge is 2.53. The number of esters is 4. The van der Waals surface area contributed by atoms with Gasteiger partial charge in [-0.05, 0) is 48.5 Å². The molecular weight excluding hydrogens is 624 g/mol. The lowest BCUT2D eigenvalue weighted by atomic mass is 9.98. The molecule has 1 aliphatic rings. The first kappa shape index (κ1) is 33.1. The molecule has 0 radical (unpaired) electrons. The van der Waals surface area contributed by atoms with E-state index in [1.54, 1.807) is 84.9 Å². The number of benzene rings is 4. The number of ether oxygens (including phenoxy) is 5. The molecule has 4 aromatic carbocycles. The average Bonchev–Trinajstić information content (AvgIpc) is 3.10. The first-order valence-corrected chi connectivity index (χ1v) is 15.5. The smallest absolute Gasteiger partial charge is 0.338 e. The van der Waals surface area contributed by atoms with E-state index in [1.807, 2.05) is 0 Å². The molecule has 0 N–H and O–H groups in total. The Kier molecular flexibility index (Phi) is 11.2. The summed E-state index contributed by atoms with van der Waals surface area (Å²) >= 11 is 0.688. The van der Waals surface area contributed by atoms with E-state index in [9.17, 15) is 24.0 Å². The van der Waals surface area contributed by atoms with E-state index in [2.05, 4.69) is 0 Å². The van der Waals surface area contributed by atoms with Gasteiger partial charge in [0.1, 0.15) is 12.7 Å². The summed E-state index contributed by atoms with van der Waals surface area (Å²) in [5, 5.41) is -0.399. The molecule has 1 heterocycles. The molecule has 1 aliphatic heterocycles. The van der Waals surface area contributed by atoms with E-state index in [0.717, 1.165) is 0 Å². The summed E-state index contributed by atoms with van der Waals surface area (Å²) < 4.78 is 29.6. The van der Waals surface area contributed by atoms with Crippen LogP contribution in [0, 0.1) is 0 Å². The number of rotatable bonds is 10. The largest absolute Gasteiger partial charge is 0.459 e. The molecule has 0 bridgehead atoms. The molecule has 1 saturated heterocycles. The fraction of sp³-hybridized carbons (Fsp3) is 0.194. The van der Waals surface area contributed by atoms with Crippen molar-refractivity contribution in [2.24, 2.45) is 0 Å². The van der Waals surface area contributed by atoms with Crippen LogP contribution in [-0.2, 0) is 28.5 Å². The van der Waals surface area contributed by atoms with Gasteiger partial charge >= 0.3 is 23.9 Å². The van der Waals surface area contributed by atoms with Crippen molar-refractivity contribution in [1.82, 2.24) is 0 Å². The van der Waals surface area contributed by atoms with Crippen LogP contribution in [-0.4, -0.2) is 65.5 Å². The number of carbonyl (C=O) groups excluding carboxylic acids is 5. The monoisotopic (exact) mass is 654 g/mol. The fourth-order valence-corrected chi connectivity index (χ4v) is 5.66. The van der Waals surface area contributed by atoms with Gasteiger partial charge in [-0.15, -0.1) is 0 Å². The summed E-state index contributed by atoms with van der Waals surface area (Å²) in [5.41, 5.74) is -0.454. The van der Waals surface area contributed by atoms with Crippen molar-refractivity contribution < 1.29 is 47.7 Å². The molecule has 10 nitrogen and oxygen atoms in total. The lowest BCUT2D eigenvalue weighted by molar-refractivity contribution is -0.207. The molecule has 1 fully saturated rings. The van der Waals surface area contributed by atoms with Gasteiger partial charge in [-0.2, -0.15) is 0 Å². The van der Waals surface area contributed by atoms with Crippen molar-refractivity contribution in [3.63, 3.8) is 0 Å². The highest BCUT2D eigenvalue weighted by atomic mass is 32.2. The van der Waals surface area contributed by atoms with Crippen LogP contribution in [0.5, 0.6) is 0 Å². The molecular formula is C36H30O10S. The Hall–Kier alpha value is -5.26. The highest BCUT2D eigenvalue weighted by molar-refractivity contribution is 8.14. The lowest BCUT2D eigenvalue weighted by Crippen LogP contribution is -2.62. The summed E-state index contributed by atoms with van der Waals surface area (Å²) in [6.45, 7) is 0.829. The molecule has 11 heteroatoms. The quantitative estimate of drug-likeness (QED) is 0.158. The van der Waals surface area contributed by atoms with Gasteiger partial charge in [-0.25, -0.2) is 19.2 Å². The first-order valence-electron chi connectivity index (χ1n) is 14.6. The van der Waals surface area contributed by atoms with Crippen molar-refractivity contribution in [2.45, 2.75) is 36.8 Å². The standard InChI is InChI=1S/C36H30O10S/c1-23(37)47-36-31(46-35(41)27-20-12-5-13-21-27)30(45-34(40)26-18-10-4-11-19-26)29(44-33(39)25-16-8-3-9-17-25)28(43-36)22-42-32(38)24-14-6-2-7-15-24/h2-21,28-31,36H,22H2,1H3/t28-,29-,30+,31-,36+/m1/s1. The molecule has 240 valence electrons. The second-order valence-corrected chi connectivity index (χ2v) is 11.6. The zero-order valence-electron chi connectivity index (χ0n) is 25.1. The van der Waals surface area contributed by atoms with E-state index in [1.165, 1.54) is 43.3 Å². The van der Waals surface area contributed by atoms with Gasteiger partial charge in [0.15, 0.2) is 28.9 Å². The Morgan fingerprint density at radius 2 is 0.894 bits per heavy atom. The second-order valence-electron chi connectivity index (χ2n) is 10.3. The third-order valence-electron chi connectivity index (χ3n) is 7.02. The van der Waals surface area contributed by atoms with E-state index in [4.69, 9.17) is 23.7 Å². The number of hydrogen-bond donors (Lipinski definition) is 0. The minimum Gasteiger partial charge on any atom is -0.459 e. The van der Waals surface area contributed by atoms with E-state index in [0.29, 0.717) is 11.8 Å². The van der Waals surface area contributed by atoms with Crippen molar-refractivity contribution >= 4 is 40.8 Å². The summed E-state index contributed by atoms with van der Waals surface area (Å²) in [5.74, 6) is -3.10. The minimum atomic E-state index is -1.51. The molecule has 0 spiro atoms. The molecule has 4 aromatic rings. The van der Waals surface area contributed by atoms with Gasteiger partial charge in [-0.3, -0.25) is 4.79 Å². The van der Waals surface area contributed by atoms with Gasteiger partial charge in [0.25, 0.3) is 0 Å². The van der Waals surface area contributed by atoms with Crippen molar-refractivity contribution in [3.8, 4) is 0 Å². The van der Waals surface area contributed by atoms with Gasteiger partial charge in [-0.1, -0.05) is 84.6 Å². The summed E-state index contributed by atoms with van der Waals surface area (Å²) in [4.78, 5) is 65.6. The fourth-order valence-electron chi connectivity index (χ4n) is 4.79. The predicted molar refractivity (Wildman–Crippen MR) is 171 cm³/mol. The van der Waals surface area contributed by atoms with Crippen LogP contribution >= 0.6 is 11.8 Å².